The molecule has 1 aliphatic heterocycles. The monoisotopic (exact) mass is 228 g/mol. The second-order valence-corrected chi connectivity index (χ2v) is 4.47. The van der Waals surface area contributed by atoms with Gasteiger partial charge >= 0.3 is 0 Å². The van der Waals surface area contributed by atoms with Gasteiger partial charge in [0.2, 0.25) is 0 Å². The van der Waals surface area contributed by atoms with Gasteiger partial charge in [0.25, 0.3) is 0 Å². The number of ether oxygens (including phenoxy) is 1. The summed E-state index contributed by atoms with van der Waals surface area (Å²) >= 11 is 0. The Balaban J connectivity index is 1.98. The molecule has 1 aromatic heterocycles. The van der Waals surface area contributed by atoms with Crippen LogP contribution in [0.1, 0.15) is 17.4 Å². The fourth-order valence-corrected chi connectivity index (χ4v) is 2.23. The molecule has 1 saturated heterocycles. The summed E-state index contributed by atoms with van der Waals surface area (Å²) in [4.78, 5) is 4.51. The number of pyridine rings is 1. The number of aromatic nitrogens is 1. The average molecular weight is 228 g/mol. The van der Waals surface area contributed by atoms with Gasteiger partial charge in [-0.25, -0.2) is 0 Å². The lowest BCUT2D eigenvalue weighted by molar-refractivity contribution is 0.0278. The third-order valence-electron chi connectivity index (χ3n) is 3.15. The normalized spacial score (nSPS) is 20.6. The van der Waals surface area contributed by atoms with Crippen LogP contribution in [0.2, 0.25) is 0 Å². The Morgan fingerprint density at radius 2 is 2.24 bits per heavy atom. The number of hydrogen-bond acceptors (Lipinski definition) is 3. The summed E-state index contributed by atoms with van der Waals surface area (Å²) in [5.74, 6) is 0. The molecule has 3 nitrogen and oxygen atoms in total. The maximum Gasteiger partial charge on any atom is 0.0950 e. The molecule has 0 saturated carbocycles. The minimum Gasteiger partial charge on any atom is -0.371 e. The molecule has 1 N–H and O–H groups in total. The van der Waals surface area contributed by atoms with E-state index in [1.54, 1.807) is 0 Å². The Labute approximate surface area is 101 Å². The lowest BCUT2D eigenvalue weighted by Crippen LogP contribution is -2.33. The molecule has 17 heavy (non-hydrogen) atoms. The van der Waals surface area contributed by atoms with Crippen molar-refractivity contribution >= 4 is 10.9 Å². The lowest BCUT2D eigenvalue weighted by atomic mass is 10.1. The summed E-state index contributed by atoms with van der Waals surface area (Å²) in [5, 5.41) is 4.53. The quantitative estimate of drug-likeness (QED) is 0.812. The van der Waals surface area contributed by atoms with Gasteiger partial charge in [0.1, 0.15) is 0 Å². The summed E-state index contributed by atoms with van der Waals surface area (Å²) in [7, 11) is 0. The molecule has 2 heterocycles. The van der Waals surface area contributed by atoms with Crippen molar-refractivity contribution < 1.29 is 4.74 Å². The Morgan fingerprint density at radius 1 is 1.29 bits per heavy atom. The van der Waals surface area contributed by atoms with Gasteiger partial charge < -0.3 is 10.1 Å². The van der Waals surface area contributed by atoms with Gasteiger partial charge in [-0.15, -0.1) is 0 Å². The van der Waals surface area contributed by atoms with E-state index >= 15 is 0 Å². The van der Waals surface area contributed by atoms with E-state index in [1.807, 2.05) is 13.0 Å². The summed E-state index contributed by atoms with van der Waals surface area (Å²) in [5.41, 5.74) is 3.34. The van der Waals surface area contributed by atoms with Gasteiger partial charge in [-0.2, -0.15) is 0 Å². The van der Waals surface area contributed by atoms with Crippen molar-refractivity contribution in [3.8, 4) is 0 Å². The smallest absolute Gasteiger partial charge is 0.0950 e. The molecular weight excluding hydrogens is 212 g/mol. The maximum absolute atomic E-state index is 5.75. The molecule has 1 aliphatic rings. The standard InChI is InChI=1S/C14H16N2O/c1-10-2-3-11-8-12(4-5-13(11)16-10)14-9-15-6-7-17-14/h2-5,8,14-15H,6-7,9H2,1H3. The van der Waals surface area contributed by atoms with E-state index in [0.29, 0.717) is 0 Å². The Bertz CT molecular complexity index is 533. The highest BCUT2D eigenvalue weighted by Crippen LogP contribution is 2.22. The summed E-state index contributed by atoms with van der Waals surface area (Å²) in [6, 6.07) is 10.5. The number of morpholine rings is 1. The highest BCUT2D eigenvalue weighted by atomic mass is 16.5. The molecule has 1 unspecified atom stereocenters. The van der Waals surface area contributed by atoms with Crippen molar-refractivity contribution in [2.24, 2.45) is 0 Å². The molecular formula is C14H16N2O. The first-order chi connectivity index (χ1) is 8.33. The van der Waals surface area contributed by atoms with E-state index in [2.05, 4.69) is 34.6 Å². The molecule has 3 heteroatoms. The van der Waals surface area contributed by atoms with Gasteiger partial charge in [0, 0.05) is 24.2 Å². The van der Waals surface area contributed by atoms with Gasteiger partial charge in [-0.05, 0) is 30.7 Å². The van der Waals surface area contributed by atoms with Gasteiger partial charge in [0.15, 0.2) is 0 Å². The van der Waals surface area contributed by atoms with Crippen LogP contribution in [0.5, 0.6) is 0 Å². The Hall–Kier alpha value is -1.45. The molecule has 0 amide bonds. The lowest BCUT2D eigenvalue weighted by Gasteiger charge is -2.24. The summed E-state index contributed by atoms with van der Waals surface area (Å²) in [6.07, 6.45) is 0.175. The van der Waals surface area contributed by atoms with Crippen LogP contribution in [-0.4, -0.2) is 24.7 Å². The number of benzene rings is 1. The number of hydrogen-bond donors (Lipinski definition) is 1. The molecule has 1 fully saturated rings. The van der Waals surface area contributed by atoms with Gasteiger partial charge in [-0.1, -0.05) is 12.1 Å². The molecule has 0 bridgehead atoms. The molecule has 88 valence electrons. The van der Waals surface area contributed by atoms with Crippen molar-refractivity contribution in [3.05, 3.63) is 41.6 Å². The zero-order valence-corrected chi connectivity index (χ0v) is 9.94. The van der Waals surface area contributed by atoms with Crippen molar-refractivity contribution in [3.63, 3.8) is 0 Å². The third-order valence-corrected chi connectivity index (χ3v) is 3.15. The third kappa shape index (κ3) is 2.16. The van der Waals surface area contributed by atoms with Gasteiger partial charge in [0.05, 0.1) is 18.2 Å². The topological polar surface area (TPSA) is 34.1 Å². The Morgan fingerprint density at radius 3 is 3.06 bits per heavy atom. The number of aryl methyl sites for hydroxylation is 1. The highest BCUT2D eigenvalue weighted by Gasteiger charge is 2.15. The van der Waals surface area contributed by atoms with Crippen LogP contribution in [-0.2, 0) is 4.74 Å². The molecule has 2 aromatic rings. The first-order valence-electron chi connectivity index (χ1n) is 6.02. The van der Waals surface area contributed by atoms with E-state index in [0.717, 1.165) is 30.9 Å². The molecule has 0 aliphatic carbocycles. The van der Waals surface area contributed by atoms with Crippen LogP contribution in [0, 0.1) is 6.92 Å². The summed E-state index contributed by atoms with van der Waals surface area (Å²) < 4.78 is 5.75. The SMILES string of the molecule is Cc1ccc2cc(C3CNCCO3)ccc2n1. The zero-order chi connectivity index (χ0) is 11.7. The fourth-order valence-electron chi connectivity index (χ4n) is 2.23. The van der Waals surface area contributed by atoms with Crippen LogP contribution >= 0.6 is 0 Å². The van der Waals surface area contributed by atoms with Crippen LogP contribution in [0.4, 0.5) is 0 Å². The largest absolute Gasteiger partial charge is 0.371 e. The minimum atomic E-state index is 0.175. The predicted molar refractivity (Wildman–Crippen MR) is 68.0 cm³/mol. The van der Waals surface area contributed by atoms with Gasteiger partial charge in [-0.3, -0.25) is 4.98 Å². The van der Waals surface area contributed by atoms with E-state index in [-0.39, 0.29) is 6.10 Å². The molecule has 1 aromatic carbocycles. The first kappa shape index (κ1) is 10.7. The van der Waals surface area contributed by atoms with E-state index in [9.17, 15) is 0 Å². The van der Waals surface area contributed by atoms with Crippen molar-refractivity contribution in [1.29, 1.82) is 0 Å². The van der Waals surface area contributed by atoms with Crippen molar-refractivity contribution in [2.75, 3.05) is 19.7 Å². The molecule has 0 spiro atoms. The number of rotatable bonds is 1. The fraction of sp³-hybridized carbons (Fsp3) is 0.357. The van der Waals surface area contributed by atoms with E-state index in [4.69, 9.17) is 4.74 Å². The second kappa shape index (κ2) is 4.43. The minimum absolute atomic E-state index is 0.175. The first-order valence-corrected chi connectivity index (χ1v) is 6.02. The molecule has 0 radical (unpaired) electrons. The number of nitrogens with zero attached hydrogens (tertiary/aromatic N) is 1. The summed E-state index contributed by atoms with van der Waals surface area (Å²) in [6.45, 7) is 4.64. The molecule has 3 rings (SSSR count). The number of fused-ring (bicyclic) bond motifs is 1. The zero-order valence-electron chi connectivity index (χ0n) is 9.94. The Kier molecular flexibility index (Phi) is 2.79. The molecule has 1 atom stereocenters. The highest BCUT2D eigenvalue weighted by molar-refractivity contribution is 5.79. The van der Waals surface area contributed by atoms with E-state index < -0.39 is 0 Å². The van der Waals surface area contributed by atoms with Crippen LogP contribution < -0.4 is 5.32 Å². The maximum atomic E-state index is 5.75. The van der Waals surface area contributed by atoms with Crippen LogP contribution in [0.3, 0.4) is 0 Å². The number of nitrogens with one attached hydrogen (secondary N) is 1. The van der Waals surface area contributed by atoms with E-state index in [1.165, 1.54) is 10.9 Å². The second-order valence-electron chi connectivity index (χ2n) is 4.47. The van der Waals surface area contributed by atoms with Crippen molar-refractivity contribution in [2.45, 2.75) is 13.0 Å². The average Bonchev–Trinajstić information content (AvgIpc) is 2.39. The van der Waals surface area contributed by atoms with Crippen LogP contribution in [0.25, 0.3) is 10.9 Å². The van der Waals surface area contributed by atoms with Crippen LogP contribution in [0.15, 0.2) is 30.3 Å². The van der Waals surface area contributed by atoms with Crippen molar-refractivity contribution in [1.82, 2.24) is 10.3 Å². The predicted octanol–water partition coefficient (Wildman–Crippen LogP) is 2.20.